The molecule has 1 aromatic rings. The molecular formula is C48H85N19O11. The molecule has 7 atom stereocenters. The number of carbonyl (C=O) groups excluding carboxylic acids is 9. The molecule has 2 rings (SSSR count). The molecule has 438 valence electrons. The molecule has 9 amide bonds. The molecule has 1 aliphatic rings. The molecule has 1 saturated heterocycles. The van der Waals surface area contributed by atoms with Crippen LogP contribution in [-0.2, 0) is 49.6 Å². The van der Waals surface area contributed by atoms with Gasteiger partial charge in [0, 0.05) is 44.5 Å². The van der Waals surface area contributed by atoms with Gasteiger partial charge >= 0.3 is 0 Å². The molecule has 1 aromatic heterocycles. The van der Waals surface area contributed by atoms with E-state index in [2.05, 4.69) is 57.5 Å². The molecule has 78 heavy (non-hydrogen) atoms. The zero-order valence-electron chi connectivity index (χ0n) is 44.6. The van der Waals surface area contributed by atoms with Gasteiger partial charge in [-0.2, -0.15) is 0 Å². The lowest BCUT2D eigenvalue weighted by Gasteiger charge is -2.28. The van der Waals surface area contributed by atoms with Gasteiger partial charge in [0.1, 0.15) is 41.6 Å². The minimum atomic E-state index is -1.52. The van der Waals surface area contributed by atoms with E-state index in [1.807, 2.05) is 0 Å². The number of nitrogens with one attached hydrogen (secondary N) is 10. The maximum atomic E-state index is 14.4. The first kappa shape index (κ1) is 67.2. The molecule has 0 unspecified atom stereocenters. The third-order valence-electron chi connectivity index (χ3n) is 12.1. The number of guanidine groups is 1. The Morgan fingerprint density at radius 3 is 2.05 bits per heavy atom. The van der Waals surface area contributed by atoms with Gasteiger partial charge in [0.15, 0.2) is 5.96 Å². The highest BCUT2D eigenvalue weighted by atomic mass is 16.3. The number of aliphatic imine (C=N–C) groups is 1. The van der Waals surface area contributed by atoms with Crippen LogP contribution in [0.2, 0.25) is 0 Å². The summed E-state index contributed by atoms with van der Waals surface area (Å²) in [6.45, 7) is 1.87. The molecular weight excluding hydrogens is 1020 g/mol. The van der Waals surface area contributed by atoms with Gasteiger partial charge < -0.3 is 97.0 Å². The van der Waals surface area contributed by atoms with E-state index in [9.17, 15) is 53.4 Å². The van der Waals surface area contributed by atoms with Crippen molar-refractivity contribution >= 4 is 64.8 Å². The summed E-state index contributed by atoms with van der Waals surface area (Å²) in [5.41, 5.74) is 33.5. The second-order valence-electron chi connectivity index (χ2n) is 18.6. The van der Waals surface area contributed by atoms with Gasteiger partial charge in [-0.15, -0.1) is 0 Å². The fourth-order valence-electron chi connectivity index (χ4n) is 7.90. The van der Waals surface area contributed by atoms with Crippen molar-refractivity contribution < 1.29 is 53.4 Å². The molecule has 1 aliphatic heterocycles. The van der Waals surface area contributed by atoms with Gasteiger partial charge in [-0.1, -0.05) is 6.08 Å². The quantitative estimate of drug-likeness (QED) is 0.0127. The fourth-order valence-corrected chi connectivity index (χ4v) is 7.90. The number of aromatic amines is 1. The van der Waals surface area contributed by atoms with Crippen LogP contribution in [0.25, 0.3) is 0 Å². The van der Waals surface area contributed by atoms with Gasteiger partial charge in [-0.25, -0.2) is 9.98 Å². The average Bonchev–Trinajstić information content (AvgIpc) is 4.13. The maximum Gasteiger partial charge on any atom is 0.269 e. The summed E-state index contributed by atoms with van der Waals surface area (Å²) in [6.07, 6.45) is 5.06. The number of unbranched alkanes of at least 4 members (excludes halogenated alkanes) is 3. The third kappa shape index (κ3) is 25.5. The van der Waals surface area contributed by atoms with Crippen LogP contribution in [-0.4, -0.2) is 191 Å². The van der Waals surface area contributed by atoms with Crippen molar-refractivity contribution in [3.63, 3.8) is 0 Å². The van der Waals surface area contributed by atoms with Crippen LogP contribution in [0.3, 0.4) is 0 Å². The van der Waals surface area contributed by atoms with E-state index >= 15 is 0 Å². The van der Waals surface area contributed by atoms with Crippen LogP contribution in [0, 0.1) is 5.41 Å². The Morgan fingerprint density at radius 1 is 0.795 bits per heavy atom. The zero-order chi connectivity index (χ0) is 58.0. The number of likely N-dealkylation sites (tertiary alicyclic amines) is 1. The largest absolute Gasteiger partial charge is 0.391 e. The molecule has 0 saturated carbocycles. The first-order chi connectivity index (χ1) is 37.3. The normalized spacial score (nSPS) is 15.8. The monoisotopic (exact) mass is 1100 g/mol. The molecule has 0 aromatic carbocycles. The Morgan fingerprint density at radius 2 is 1.45 bits per heavy atom. The van der Waals surface area contributed by atoms with Crippen LogP contribution >= 0.6 is 0 Å². The Kier molecular flexibility index (Phi) is 32.5. The predicted octanol–water partition coefficient (Wildman–Crippen LogP) is -6.22. The lowest BCUT2D eigenvalue weighted by molar-refractivity contribution is -0.136. The first-order valence-electron chi connectivity index (χ1n) is 26.4. The summed E-state index contributed by atoms with van der Waals surface area (Å²) in [5.74, 6) is -7.50. The van der Waals surface area contributed by atoms with E-state index in [-0.39, 0.29) is 95.0 Å². The lowest BCUT2D eigenvalue weighted by atomic mass is 10.1. The number of imidazole rings is 1. The fraction of sp³-hybridized carbons (Fsp3) is 0.667. The molecule has 0 bridgehead atoms. The van der Waals surface area contributed by atoms with Crippen molar-refractivity contribution in [2.45, 2.75) is 146 Å². The number of nitrogens with zero attached hydrogens (tertiary/aromatic N) is 3. The summed E-state index contributed by atoms with van der Waals surface area (Å²) in [7, 11) is 0. The predicted molar refractivity (Wildman–Crippen MR) is 288 cm³/mol. The second kappa shape index (κ2) is 37.8. The topological polar surface area (TPSA) is 515 Å². The van der Waals surface area contributed by atoms with E-state index in [4.69, 9.17) is 39.8 Å². The maximum absolute atomic E-state index is 14.4. The summed E-state index contributed by atoms with van der Waals surface area (Å²) in [5, 5.41) is 48.1. The summed E-state index contributed by atoms with van der Waals surface area (Å²) in [4.78, 5) is 135. The van der Waals surface area contributed by atoms with Crippen LogP contribution in [0.15, 0.2) is 29.3 Å². The van der Waals surface area contributed by atoms with Crippen LogP contribution in [0.4, 0.5) is 0 Å². The number of aromatic nitrogens is 2. The molecule has 0 radical (unpaired) electrons. The van der Waals surface area contributed by atoms with Crippen molar-refractivity contribution in [1.82, 2.24) is 57.4 Å². The average molecular weight is 1100 g/mol. The van der Waals surface area contributed by atoms with Crippen molar-refractivity contribution in [1.29, 1.82) is 5.41 Å². The van der Waals surface area contributed by atoms with Gasteiger partial charge in [0.2, 0.25) is 35.4 Å². The highest BCUT2D eigenvalue weighted by Gasteiger charge is 2.38. The van der Waals surface area contributed by atoms with Crippen LogP contribution < -0.4 is 76.9 Å². The molecule has 2 heterocycles. The number of aliphatic hydroxyl groups excluding tert-OH is 2. The minimum absolute atomic E-state index is 0.0311. The van der Waals surface area contributed by atoms with Gasteiger partial charge in [0.25, 0.3) is 17.7 Å². The van der Waals surface area contributed by atoms with E-state index in [1.165, 1.54) is 30.4 Å². The number of H-pyrrole nitrogens is 1. The Hall–Kier alpha value is -6.96. The van der Waals surface area contributed by atoms with Crippen molar-refractivity contribution in [3.05, 3.63) is 30.0 Å². The molecule has 1 fully saturated rings. The second-order valence-corrected chi connectivity index (χ2v) is 18.6. The zero-order valence-corrected chi connectivity index (χ0v) is 44.6. The van der Waals surface area contributed by atoms with Gasteiger partial charge in [0.05, 0.1) is 31.5 Å². The summed E-state index contributed by atoms with van der Waals surface area (Å²) in [6, 6.07) is -6.39. The molecule has 24 N–H and O–H groups in total. The minimum Gasteiger partial charge on any atom is -0.391 e. The van der Waals surface area contributed by atoms with Crippen LogP contribution in [0.1, 0.15) is 103 Å². The van der Waals surface area contributed by atoms with Gasteiger partial charge in [-0.05, 0) is 117 Å². The third-order valence-corrected chi connectivity index (χ3v) is 12.1. The van der Waals surface area contributed by atoms with E-state index in [1.54, 1.807) is 0 Å². The standard InChI is InChI=1S/C48H85N19O11/c1-29(68)40(66-38(70)24-31(69)25-53)46(77)59-27-39(71)61-35(13-8-19-52)47(78)67-22-10-15-37(67)45(76)65-36(23-30-26-56-28-60-30)44(75)64-33(12-3-5-17-50)42(73)63-34(14-9-21-58-48(54)55)43(74)62-32(11-2-4-16-49)41(72)57-20-7-6-18-51/h14,26,28-29,31-33,36-37,40,68-69H,2-13,15-25,27,49-53H2,1H3,(H,56,60)(H,57,72)(H,59,77)(H,62,74)(H,63,73)(H,64,75)(H,65,76)(H,66,70)(H4,54,55,58)/b34-14-,61-35+/t29-,31+,32-,33-,36-,37-,40-/m0/s1. The highest BCUT2D eigenvalue weighted by molar-refractivity contribution is 6.40. The smallest absolute Gasteiger partial charge is 0.269 e. The molecule has 0 aliphatic carbocycles. The number of aliphatic hydroxyl groups is 2. The van der Waals surface area contributed by atoms with Crippen LogP contribution in [0.5, 0.6) is 0 Å². The number of carbonyl (C=O) groups is 9. The van der Waals surface area contributed by atoms with E-state index < -0.39 is 109 Å². The Bertz CT molecular complexity index is 2160. The Balaban J connectivity index is 2.41. The van der Waals surface area contributed by atoms with Crippen molar-refractivity contribution in [2.75, 3.05) is 58.9 Å². The first-order valence-corrected chi connectivity index (χ1v) is 26.4. The number of amides is 9. The van der Waals surface area contributed by atoms with Crippen molar-refractivity contribution in [3.8, 4) is 0 Å². The number of hydrogen-bond donors (Lipinski definition) is 18. The highest BCUT2D eigenvalue weighted by Crippen LogP contribution is 2.20. The number of nitrogens with two attached hydrogens (primary N) is 6. The number of rotatable bonds is 38. The SMILES string of the molecule is C[C@H](O)[C@H](NC(=O)C[C@@H](O)CN)C(=O)NCC(=O)/N=C(\CCCN)C(=O)N1CCC[C@H]1C(=O)N[C@@H](Cc1cnc[nH]1)C(=O)N[C@@H](CCCCN)C(=O)N/C(=C\CCNC(=N)N)C(=O)N[C@@H](CCCCN)C(=O)NCCCCN. The molecule has 0 spiro atoms. The van der Waals surface area contributed by atoms with E-state index in [0.717, 1.165) is 0 Å². The summed E-state index contributed by atoms with van der Waals surface area (Å²) >= 11 is 0. The van der Waals surface area contributed by atoms with E-state index in [0.29, 0.717) is 70.3 Å². The van der Waals surface area contributed by atoms with Gasteiger partial charge in [-0.3, -0.25) is 48.6 Å². The number of hydrogen-bond acceptors (Lipinski definition) is 18. The molecule has 30 heteroatoms. The Labute approximate surface area is 453 Å². The summed E-state index contributed by atoms with van der Waals surface area (Å²) < 4.78 is 0. The van der Waals surface area contributed by atoms with Crippen molar-refractivity contribution in [2.24, 2.45) is 39.4 Å². The molecule has 30 nitrogen and oxygen atoms in total. The lowest BCUT2D eigenvalue weighted by Crippen LogP contribution is -2.57.